The van der Waals surface area contributed by atoms with Crippen molar-refractivity contribution in [3.05, 3.63) is 87.2 Å². The van der Waals surface area contributed by atoms with Crippen LogP contribution in [0.25, 0.3) is 21.9 Å². The number of benzene rings is 3. The summed E-state index contributed by atoms with van der Waals surface area (Å²) in [6, 6.07) is 15.1. The highest BCUT2D eigenvalue weighted by Crippen LogP contribution is 2.50. The van der Waals surface area contributed by atoms with Gasteiger partial charge < -0.3 is 4.84 Å². The first-order chi connectivity index (χ1) is 16.5. The molecule has 4 aromatic rings. The summed E-state index contributed by atoms with van der Waals surface area (Å²) < 4.78 is 45.2. The monoisotopic (exact) mass is 517 g/mol. The second kappa shape index (κ2) is 8.28. The van der Waals surface area contributed by atoms with Gasteiger partial charge in [0.25, 0.3) is 5.60 Å². The molecule has 0 aliphatic carbocycles. The predicted octanol–water partition coefficient (Wildman–Crippen LogP) is 7.75. The second-order valence-electron chi connectivity index (χ2n) is 8.66. The number of fused-ring (bicyclic) bond motifs is 1. The van der Waals surface area contributed by atoms with Gasteiger partial charge in [-0.25, -0.2) is 0 Å². The van der Waals surface area contributed by atoms with Crippen molar-refractivity contribution in [2.75, 3.05) is 0 Å². The zero-order valence-corrected chi connectivity index (χ0v) is 20.6. The van der Waals surface area contributed by atoms with Crippen molar-refractivity contribution in [1.82, 2.24) is 9.78 Å². The van der Waals surface area contributed by atoms with Crippen LogP contribution in [0.15, 0.2) is 59.8 Å². The summed E-state index contributed by atoms with van der Waals surface area (Å²) in [5.74, 6) is 0. The molecule has 5 rings (SSSR count). The molecule has 0 N–H and O–H groups in total. The van der Waals surface area contributed by atoms with E-state index in [1.54, 1.807) is 6.07 Å². The van der Waals surface area contributed by atoms with Gasteiger partial charge in [0.05, 0.1) is 11.4 Å². The summed E-state index contributed by atoms with van der Waals surface area (Å²) in [4.78, 5) is 5.21. The summed E-state index contributed by atoms with van der Waals surface area (Å²) >= 11 is 12.0. The predicted molar refractivity (Wildman–Crippen MR) is 132 cm³/mol. The van der Waals surface area contributed by atoms with Gasteiger partial charge in [-0.05, 0) is 48.4 Å². The van der Waals surface area contributed by atoms with E-state index in [1.165, 1.54) is 18.2 Å². The summed E-state index contributed by atoms with van der Waals surface area (Å²) in [5, 5.41) is 10.3. The van der Waals surface area contributed by atoms with Crippen molar-refractivity contribution in [2.24, 2.45) is 12.2 Å². The fourth-order valence-electron chi connectivity index (χ4n) is 4.77. The minimum absolute atomic E-state index is 0.0881. The van der Waals surface area contributed by atoms with Crippen LogP contribution in [0.4, 0.5) is 13.2 Å². The lowest BCUT2D eigenvalue weighted by Crippen LogP contribution is -2.42. The molecule has 0 bridgehead atoms. The lowest BCUT2D eigenvalue weighted by atomic mass is 9.85. The maximum absolute atomic E-state index is 14.5. The van der Waals surface area contributed by atoms with Gasteiger partial charge in [-0.1, -0.05) is 64.8 Å². The van der Waals surface area contributed by atoms with E-state index in [2.05, 4.69) is 10.3 Å². The number of hydrogen-bond donors (Lipinski definition) is 0. The Morgan fingerprint density at radius 3 is 2.11 bits per heavy atom. The van der Waals surface area contributed by atoms with Crippen LogP contribution < -0.4 is 0 Å². The van der Waals surface area contributed by atoms with E-state index in [1.807, 2.05) is 55.9 Å². The van der Waals surface area contributed by atoms with Crippen LogP contribution in [0.3, 0.4) is 0 Å². The highest BCUT2D eigenvalue weighted by molar-refractivity contribution is 6.34. The van der Waals surface area contributed by atoms with Crippen molar-refractivity contribution in [1.29, 1.82) is 0 Å². The van der Waals surface area contributed by atoms with Crippen molar-refractivity contribution in [3.63, 3.8) is 0 Å². The first-order valence-corrected chi connectivity index (χ1v) is 11.6. The molecule has 4 nitrogen and oxygen atoms in total. The Bertz CT molecular complexity index is 1490. The van der Waals surface area contributed by atoms with Gasteiger partial charge in [0.2, 0.25) is 0 Å². The molecule has 0 spiro atoms. The highest BCUT2D eigenvalue weighted by atomic mass is 35.5. The maximum Gasteiger partial charge on any atom is 0.435 e. The van der Waals surface area contributed by atoms with Gasteiger partial charge in [0.15, 0.2) is 0 Å². The quantitative estimate of drug-likeness (QED) is 0.278. The summed E-state index contributed by atoms with van der Waals surface area (Å²) in [6.45, 7) is 3.93. The van der Waals surface area contributed by atoms with E-state index < -0.39 is 18.2 Å². The first-order valence-electron chi connectivity index (χ1n) is 10.8. The standard InChI is InChI=1S/C26H20Cl2F3N3O/c1-14-24(15(2)34(3)32-14)22-9-8-21(19-6-4-5-7-20(19)22)23-13-25(35-33-23,26(29,30)31)16-10-17(27)12-18(28)11-16/h4-12H,13H2,1-3H3. The molecule has 9 heteroatoms. The normalized spacial score (nSPS) is 18.1. The molecular formula is C26H20Cl2F3N3O. The molecule has 0 amide bonds. The van der Waals surface area contributed by atoms with Crippen LogP contribution in [0.1, 0.15) is 28.9 Å². The Labute approximate surface area is 209 Å². The minimum atomic E-state index is -4.76. The van der Waals surface area contributed by atoms with Crippen LogP contribution in [0, 0.1) is 13.8 Å². The van der Waals surface area contributed by atoms with Gasteiger partial charge in [0.1, 0.15) is 0 Å². The smallest absolute Gasteiger partial charge is 0.374 e. The largest absolute Gasteiger partial charge is 0.435 e. The van der Waals surface area contributed by atoms with Crippen molar-refractivity contribution < 1.29 is 18.0 Å². The molecule has 0 saturated carbocycles. The molecule has 1 unspecified atom stereocenters. The van der Waals surface area contributed by atoms with Crippen LogP contribution in [0.5, 0.6) is 0 Å². The maximum atomic E-state index is 14.5. The first kappa shape index (κ1) is 23.7. The second-order valence-corrected chi connectivity index (χ2v) is 9.54. The molecule has 1 atom stereocenters. The van der Waals surface area contributed by atoms with Crippen molar-refractivity contribution in [3.8, 4) is 11.1 Å². The molecule has 1 aliphatic heterocycles. The SMILES string of the molecule is Cc1nn(C)c(C)c1-c1ccc(C2=NOC(c3cc(Cl)cc(Cl)c3)(C(F)(F)F)C2)c2ccccc12. The van der Waals surface area contributed by atoms with Gasteiger partial charge in [-0.3, -0.25) is 4.68 Å². The molecule has 0 saturated heterocycles. The molecule has 1 aliphatic rings. The number of oxime groups is 1. The molecule has 0 radical (unpaired) electrons. The minimum Gasteiger partial charge on any atom is -0.374 e. The lowest BCUT2D eigenvalue weighted by Gasteiger charge is -2.29. The van der Waals surface area contributed by atoms with Crippen LogP contribution in [0.2, 0.25) is 10.0 Å². The number of halogens is 5. The van der Waals surface area contributed by atoms with E-state index >= 15 is 0 Å². The van der Waals surface area contributed by atoms with E-state index in [0.717, 1.165) is 33.3 Å². The Hall–Kier alpha value is -3.03. The van der Waals surface area contributed by atoms with E-state index in [0.29, 0.717) is 5.56 Å². The molecule has 2 heterocycles. The Morgan fingerprint density at radius 2 is 1.54 bits per heavy atom. The average molecular weight is 518 g/mol. The fraction of sp³-hybridized carbons (Fsp3) is 0.231. The molecule has 180 valence electrons. The molecule has 3 aromatic carbocycles. The van der Waals surface area contributed by atoms with E-state index in [4.69, 9.17) is 28.0 Å². The van der Waals surface area contributed by atoms with Crippen molar-refractivity contribution in [2.45, 2.75) is 32.0 Å². The van der Waals surface area contributed by atoms with E-state index in [9.17, 15) is 13.2 Å². The van der Waals surface area contributed by atoms with Crippen LogP contribution in [-0.2, 0) is 17.5 Å². The molecule has 0 fully saturated rings. The third-order valence-electron chi connectivity index (χ3n) is 6.53. The topological polar surface area (TPSA) is 39.4 Å². The Balaban J connectivity index is 1.64. The molecule has 1 aromatic heterocycles. The number of aryl methyl sites for hydroxylation is 2. The third kappa shape index (κ3) is 3.78. The van der Waals surface area contributed by atoms with Gasteiger partial charge in [-0.15, -0.1) is 0 Å². The van der Waals surface area contributed by atoms with Crippen LogP contribution in [-0.4, -0.2) is 21.7 Å². The fourth-order valence-corrected chi connectivity index (χ4v) is 5.29. The molecule has 35 heavy (non-hydrogen) atoms. The average Bonchev–Trinajstić information content (AvgIpc) is 3.35. The van der Waals surface area contributed by atoms with Gasteiger partial charge >= 0.3 is 6.18 Å². The zero-order chi connectivity index (χ0) is 25.1. The number of aromatic nitrogens is 2. The number of hydrogen-bond acceptors (Lipinski definition) is 3. The Morgan fingerprint density at radius 1 is 0.943 bits per heavy atom. The summed E-state index contributed by atoms with van der Waals surface area (Å²) in [5.41, 5.74) is 1.71. The van der Waals surface area contributed by atoms with Gasteiger partial charge in [-0.2, -0.15) is 18.3 Å². The molecular weight excluding hydrogens is 498 g/mol. The van der Waals surface area contributed by atoms with Gasteiger partial charge in [0, 0.05) is 45.9 Å². The van der Waals surface area contributed by atoms with Crippen molar-refractivity contribution >= 4 is 39.7 Å². The van der Waals surface area contributed by atoms with E-state index in [-0.39, 0.29) is 21.3 Å². The lowest BCUT2D eigenvalue weighted by molar-refractivity contribution is -0.275. The number of nitrogens with zero attached hydrogens (tertiary/aromatic N) is 3. The number of alkyl halides is 3. The summed E-state index contributed by atoms with van der Waals surface area (Å²) in [6.07, 6.45) is -5.27. The zero-order valence-electron chi connectivity index (χ0n) is 19.0. The van der Waals surface area contributed by atoms with Crippen LogP contribution >= 0.6 is 23.2 Å². The highest BCUT2D eigenvalue weighted by Gasteiger charge is 2.62. The Kier molecular flexibility index (Phi) is 5.61. The number of rotatable bonds is 3. The summed E-state index contributed by atoms with van der Waals surface area (Å²) in [7, 11) is 1.88. The third-order valence-corrected chi connectivity index (χ3v) is 6.96.